The molecule has 1 N–H and O–H groups in total. The van der Waals surface area contributed by atoms with E-state index in [1.807, 2.05) is 18.2 Å². The fourth-order valence-corrected chi connectivity index (χ4v) is 3.02. The van der Waals surface area contributed by atoms with Crippen LogP contribution < -0.4 is 4.72 Å². The van der Waals surface area contributed by atoms with Gasteiger partial charge in [-0.1, -0.05) is 56.2 Å². The molecule has 2 rings (SSSR count). The third kappa shape index (κ3) is 6.45. The lowest BCUT2D eigenvalue weighted by Gasteiger charge is -2.21. The molecule has 0 aromatic heterocycles. The summed E-state index contributed by atoms with van der Waals surface area (Å²) in [5, 5.41) is 0. The number of halogens is 1. The van der Waals surface area contributed by atoms with Gasteiger partial charge in [-0.05, 0) is 22.0 Å². The molecule has 0 bridgehead atoms. The van der Waals surface area contributed by atoms with E-state index in [2.05, 4.69) is 63.8 Å². The molecule has 20 heavy (non-hydrogen) atoms. The number of benzene rings is 1. The van der Waals surface area contributed by atoms with E-state index >= 15 is 0 Å². The van der Waals surface area contributed by atoms with Gasteiger partial charge < -0.3 is 4.74 Å². The molecule has 2 atom stereocenters. The first kappa shape index (κ1) is 17.8. The summed E-state index contributed by atoms with van der Waals surface area (Å²) in [5.41, 5.74) is 1.32. The van der Waals surface area contributed by atoms with E-state index in [0.717, 1.165) is 25.5 Å². The lowest BCUT2D eigenvalue weighted by Crippen LogP contribution is -2.37. The summed E-state index contributed by atoms with van der Waals surface area (Å²) in [6.07, 6.45) is 1.14. The van der Waals surface area contributed by atoms with Crippen LogP contribution in [0.1, 0.15) is 25.8 Å². The Kier molecular flexibility index (Phi) is 9.30. The van der Waals surface area contributed by atoms with Crippen molar-refractivity contribution in [2.45, 2.75) is 33.2 Å². The lowest BCUT2D eigenvalue weighted by atomic mass is 10.0. The van der Waals surface area contributed by atoms with Crippen LogP contribution in [-0.4, -0.2) is 25.1 Å². The highest BCUT2D eigenvalue weighted by Crippen LogP contribution is 2.17. The maximum absolute atomic E-state index is 5.46. The van der Waals surface area contributed by atoms with Gasteiger partial charge in [-0.3, -0.25) is 4.99 Å². The number of aryl methyl sites for hydroxylation is 1. The van der Waals surface area contributed by atoms with Gasteiger partial charge in [0.2, 0.25) is 5.90 Å². The first-order valence-electron chi connectivity index (χ1n) is 6.91. The van der Waals surface area contributed by atoms with Crippen molar-refractivity contribution in [1.29, 1.82) is 0 Å². The van der Waals surface area contributed by atoms with E-state index in [1.54, 1.807) is 9.12 Å². The van der Waals surface area contributed by atoms with Crippen LogP contribution in [0.4, 0.5) is 0 Å². The highest BCUT2D eigenvalue weighted by molar-refractivity contribution is 14.2. The Morgan fingerprint density at radius 1 is 1.40 bits per heavy atom. The van der Waals surface area contributed by atoms with E-state index in [0.29, 0.717) is 5.92 Å². The minimum absolute atomic E-state index is 0.273. The van der Waals surface area contributed by atoms with Crippen LogP contribution in [0, 0.1) is 12.8 Å². The molecule has 1 aliphatic heterocycles. The average molecular weight is 406 g/mol. The summed E-state index contributed by atoms with van der Waals surface area (Å²) in [6.45, 7) is 8.05. The Balaban J connectivity index is 0.000000240. The Hall–Kier alpha value is -0.270. The van der Waals surface area contributed by atoms with Crippen LogP contribution in [0.2, 0.25) is 0 Å². The van der Waals surface area contributed by atoms with Crippen LogP contribution in [0.5, 0.6) is 0 Å². The number of aliphatic imine (C=N–C) groups is 1. The molecule has 0 aliphatic carbocycles. The molecule has 1 aromatic rings. The van der Waals surface area contributed by atoms with Gasteiger partial charge in [0.05, 0.1) is 12.6 Å². The molecule has 0 fully saturated rings. The van der Waals surface area contributed by atoms with Crippen molar-refractivity contribution >= 4 is 36.2 Å². The number of nitrogens with zero attached hydrogens (tertiary/aromatic N) is 1. The fourth-order valence-electron chi connectivity index (χ4n) is 1.77. The third-order valence-corrected chi connectivity index (χ3v) is 4.31. The largest absolute Gasteiger partial charge is 0.478 e. The number of rotatable bonds is 5. The monoisotopic (exact) mass is 406 g/mol. The van der Waals surface area contributed by atoms with Crippen molar-refractivity contribution in [1.82, 2.24) is 4.72 Å². The standard InChI is InChI=1S/C8H15IN2OS.C7H8/c1-3-6(2)7(11-13-9)8-10-4-5-12-8;1-7-5-3-2-4-6-7/h6-7,11H,3-5H2,1-2H3;2-6H,1H3/t6-,7?;/m0./s1. The molecule has 3 nitrogen and oxygen atoms in total. The molecule has 1 heterocycles. The highest BCUT2D eigenvalue weighted by Gasteiger charge is 2.25. The molecular weight excluding hydrogens is 383 g/mol. The molecule has 0 spiro atoms. The predicted octanol–water partition coefficient (Wildman–Crippen LogP) is 4.41. The first-order chi connectivity index (χ1) is 9.69. The summed E-state index contributed by atoms with van der Waals surface area (Å²) in [7, 11) is 1.60. The van der Waals surface area contributed by atoms with Gasteiger partial charge >= 0.3 is 0 Å². The van der Waals surface area contributed by atoms with E-state index in [9.17, 15) is 0 Å². The van der Waals surface area contributed by atoms with Gasteiger partial charge in [-0.15, -0.1) is 0 Å². The molecule has 112 valence electrons. The van der Waals surface area contributed by atoms with Gasteiger partial charge in [0, 0.05) is 21.2 Å². The third-order valence-electron chi connectivity index (χ3n) is 3.20. The number of nitrogens with one attached hydrogen (secondary N) is 1. The van der Waals surface area contributed by atoms with Gasteiger partial charge in [0.1, 0.15) is 6.61 Å². The van der Waals surface area contributed by atoms with Crippen LogP contribution in [0.15, 0.2) is 35.3 Å². The maximum Gasteiger partial charge on any atom is 0.202 e. The minimum Gasteiger partial charge on any atom is -0.478 e. The summed E-state index contributed by atoms with van der Waals surface area (Å²) >= 11 is 2.23. The van der Waals surface area contributed by atoms with Gasteiger partial charge in [0.15, 0.2) is 0 Å². The zero-order valence-electron chi connectivity index (χ0n) is 12.3. The summed E-state index contributed by atoms with van der Waals surface area (Å²) < 4.78 is 8.78. The summed E-state index contributed by atoms with van der Waals surface area (Å²) in [4.78, 5) is 4.34. The Labute approximate surface area is 138 Å². The smallest absolute Gasteiger partial charge is 0.202 e. The van der Waals surface area contributed by atoms with E-state index in [1.165, 1.54) is 5.56 Å². The summed E-state index contributed by atoms with van der Waals surface area (Å²) in [6, 6.07) is 10.5. The molecule has 1 unspecified atom stereocenters. The topological polar surface area (TPSA) is 33.6 Å². The molecule has 1 aliphatic rings. The molecule has 0 amide bonds. The first-order valence-corrected chi connectivity index (χ1v) is 10.3. The lowest BCUT2D eigenvalue weighted by molar-refractivity contribution is 0.315. The van der Waals surface area contributed by atoms with Crippen molar-refractivity contribution in [3.8, 4) is 0 Å². The maximum atomic E-state index is 5.46. The van der Waals surface area contributed by atoms with E-state index < -0.39 is 0 Å². The van der Waals surface area contributed by atoms with Gasteiger partial charge in [-0.25, -0.2) is 4.72 Å². The fraction of sp³-hybridized carbons (Fsp3) is 0.533. The van der Waals surface area contributed by atoms with E-state index in [-0.39, 0.29) is 6.04 Å². The van der Waals surface area contributed by atoms with Crippen molar-refractivity contribution in [2.75, 3.05) is 13.2 Å². The van der Waals surface area contributed by atoms with Crippen LogP contribution in [-0.2, 0) is 4.74 Å². The second kappa shape index (κ2) is 10.5. The van der Waals surface area contributed by atoms with Crippen molar-refractivity contribution in [3.05, 3.63) is 35.9 Å². The molecule has 1 aromatic carbocycles. The zero-order valence-corrected chi connectivity index (χ0v) is 15.3. The SMILES string of the molecule is CC[C@H](C)C(NSI)C1=NCCO1.Cc1ccccc1. The molecule has 0 saturated carbocycles. The van der Waals surface area contributed by atoms with Crippen molar-refractivity contribution < 1.29 is 4.74 Å². The minimum atomic E-state index is 0.273. The van der Waals surface area contributed by atoms with Crippen molar-refractivity contribution in [2.24, 2.45) is 10.9 Å². The normalized spacial score (nSPS) is 16.5. The zero-order chi connectivity index (χ0) is 14.8. The Morgan fingerprint density at radius 3 is 2.50 bits per heavy atom. The average Bonchev–Trinajstić information content (AvgIpc) is 2.99. The second-order valence-electron chi connectivity index (χ2n) is 4.78. The second-order valence-corrected chi connectivity index (χ2v) is 6.49. The quantitative estimate of drug-likeness (QED) is 0.581. The van der Waals surface area contributed by atoms with Crippen LogP contribution in [0.3, 0.4) is 0 Å². The Morgan fingerprint density at radius 2 is 2.10 bits per heavy atom. The van der Waals surface area contributed by atoms with Crippen molar-refractivity contribution in [3.63, 3.8) is 0 Å². The molecule has 5 heteroatoms. The van der Waals surface area contributed by atoms with Crippen LogP contribution >= 0.6 is 30.3 Å². The van der Waals surface area contributed by atoms with Gasteiger partial charge in [-0.2, -0.15) is 0 Å². The van der Waals surface area contributed by atoms with E-state index in [4.69, 9.17) is 4.74 Å². The summed E-state index contributed by atoms with van der Waals surface area (Å²) in [5.74, 6) is 1.46. The molecule has 0 radical (unpaired) electrons. The number of ether oxygens (including phenoxy) is 1. The highest BCUT2D eigenvalue weighted by atomic mass is 127. The molecule has 0 saturated heterocycles. The Bertz CT molecular complexity index is 400. The number of hydrogen-bond acceptors (Lipinski definition) is 4. The predicted molar refractivity (Wildman–Crippen MR) is 97.4 cm³/mol. The number of hydrogen-bond donors (Lipinski definition) is 1. The van der Waals surface area contributed by atoms with Crippen LogP contribution in [0.25, 0.3) is 0 Å². The van der Waals surface area contributed by atoms with Gasteiger partial charge in [0.25, 0.3) is 0 Å². The molecular formula is C15H23IN2OS.